The lowest BCUT2D eigenvalue weighted by Gasteiger charge is -2.04. The molecule has 0 aliphatic carbocycles. The average Bonchev–Trinajstić information content (AvgIpc) is 3.56. The van der Waals surface area contributed by atoms with Crippen LogP contribution in [0.3, 0.4) is 0 Å². The number of carbonyl (C=O) groups is 2. The molecule has 0 saturated carbocycles. The molecule has 256 valence electrons. The molecule has 0 bridgehead atoms. The van der Waals surface area contributed by atoms with Gasteiger partial charge in [0.1, 0.15) is 57.5 Å². The molecule has 0 unspecified atom stereocenters. The van der Waals surface area contributed by atoms with E-state index in [9.17, 15) is 23.5 Å². The van der Waals surface area contributed by atoms with Crippen molar-refractivity contribution in [1.29, 1.82) is 0 Å². The number of ketones is 1. The Kier molecular flexibility index (Phi) is 11.3. The van der Waals surface area contributed by atoms with Gasteiger partial charge in [-0.15, -0.1) is 0 Å². The van der Waals surface area contributed by atoms with E-state index in [2.05, 4.69) is 19.9 Å². The second-order valence-corrected chi connectivity index (χ2v) is 10.4. The third-order valence-corrected chi connectivity index (χ3v) is 7.18. The number of imidazole rings is 1. The fourth-order valence-electron chi connectivity index (χ4n) is 4.79. The zero-order valence-corrected chi connectivity index (χ0v) is 27.1. The summed E-state index contributed by atoms with van der Waals surface area (Å²) in [5.41, 5.74) is 2.87. The molecule has 5 aromatic heterocycles. The van der Waals surface area contributed by atoms with E-state index in [1.807, 2.05) is 18.2 Å². The minimum atomic E-state index is -0.528. The number of carbonyl (C=O) groups excluding carboxylic acids is 2. The predicted molar refractivity (Wildman–Crippen MR) is 184 cm³/mol. The fraction of sp³-hybridized carbons (Fsp3) is 0.0526. The number of aromatic hydroxyl groups is 2. The van der Waals surface area contributed by atoms with Crippen LogP contribution in [0.15, 0.2) is 122 Å². The third kappa shape index (κ3) is 8.17. The fourth-order valence-corrected chi connectivity index (χ4v) is 4.79. The van der Waals surface area contributed by atoms with Crippen LogP contribution in [0.25, 0.3) is 28.3 Å². The summed E-state index contributed by atoms with van der Waals surface area (Å²) in [5.74, 6) is 0.0123. The maximum Gasteiger partial charge on any atom is 0.233 e. The molecule has 0 aliphatic heterocycles. The van der Waals surface area contributed by atoms with Gasteiger partial charge in [-0.05, 0) is 84.9 Å². The van der Waals surface area contributed by atoms with Crippen molar-refractivity contribution in [1.82, 2.24) is 24.3 Å². The molecular formula is C38H29F2N5O6. The first-order valence-electron chi connectivity index (χ1n) is 15.1. The molecule has 2 aromatic carbocycles. The van der Waals surface area contributed by atoms with Crippen LogP contribution < -0.4 is 9.47 Å². The van der Waals surface area contributed by atoms with E-state index in [0.29, 0.717) is 46.3 Å². The molecule has 0 radical (unpaired) electrons. The van der Waals surface area contributed by atoms with Crippen molar-refractivity contribution in [3.8, 4) is 45.8 Å². The van der Waals surface area contributed by atoms with Crippen molar-refractivity contribution in [2.75, 3.05) is 14.2 Å². The number of nitrogens with zero attached hydrogens (tertiary/aromatic N) is 5. The summed E-state index contributed by atoms with van der Waals surface area (Å²) in [5, 5.41) is 19.0. The molecule has 51 heavy (non-hydrogen) atoms. The molecule has 0 saturated heterocycles. The normalized spacial score (nSPS) is 10.3. The quantitative estimate of drug-likeness (QED) is 0.133. The maximum atomic E-state index is 13.7. The number of methoxy groups -OCH3 is 2. The Morgan fingerprint density at radius 3 is 2.08 bits per heavy atom. The SMILES string of the molecule is COc1cccnc1-c1nc(-c2cc(F)ccc2O)n2ccccc12.COc1cccnc1C(=O)c1ccccn1.O=Cc1cc(F)ccc1O. The smallest absolute Gasteiger partial charge is 0.233 e. The number of phenols is 2. The first-order valence-corrected chi connectivity index (χ1v) is 15.1. The van der Waals surface area contributed by atoms with E-state index in [1.165, 1.54) is 25.3 Å². The molecule has 13 heteroatoms. The monoisotopic (exact) mass is 689 g/mol. The molecule has 0 atom stereocenters. The number of ether oxygens (including phenoxy) is 2. The molecular weight excluding hydrogens is 660 g/mol. The number of fused-ring (bicyclic) bond motifs is 1. The van der Waals surface area contributed by atoms with Crippen molar-refractivity contribution < 1.29 is 38.1 Å². The van der Waals surface area contributed by atoms with E-state index in [4.69, 9.17) is 14.6 Å². The average molecular weight is 690 g/mol. The van der Waals surface area contributed by atoms with Gasteiger partial charge in [0, 0.05) is 24.8 Å². The number of aromatic nitrogens is 5. The Labute approximate surface area is 290 Å². The number of halogens is 2. The van der Waals surface area contributed by atoms with Crippen LogP contribution in [0.1, 0.15) is 26.5 Å². The number of phenolic OH excluding ortho intramolecular Hbond substituents is 2. The van der Waals surface area contributed by atoms with Gasteiger partial charge in [0.15, 0.2) is 12.0 Å². The lowest BCUT2D eigenvalue weighted by Crippen LogP contribution is -2.07. The number of pyridine rings is 4. The van der Waals surface area contributed by atoms with Crippen molar-refractivity contribution >= 4 is 17.6 Å². The van der Waals surface area contributed by atoms with Crippen molar-refractivity contribution in [2.24, 2.45) is 0 Å². The van der Waals surface area contributed by atoms with Gasteiger partial charge in [-0.25, -0.2) is 18.7 Å². The highest BCUT2D eigenvalue weighted by molar-refractivity contribution is 6.08. The van der Waals surface area contributed by atoms with Crippen molar-refractivity contribution in [3.05, 3.63) is 150 Å². The van der Waals surface area contributed by atoms with Crippen molar-refractivity contribution in [2.45, 2.75) is 0 Å². The van der Waals surface area contributed by atoms with Gasteiger partial charge in [-0.2, -0.15) is 0 Å². The Balaban J connectivity index is 0.000000166. The molecule has 11 nitrogen and oxygen atoms in total. The number of aldehydes is 1. The molecule has 0 fully saturated rings. The molecule has 0 aliphatic rings. The van der Waals surface area contributed by atoms with Crippen molar-refractivity contribution in [3.63, 3.8) is 0 Å². The predicted octanol–water partition coefficient (Wildman–Crippen LogP) is 6.98. The summed E-state index contributed by atoms with van der Waals surface area (Å²) >= 11 is 0. The van der Waals surface area contributed by atoms with Gasteiger partial charge < -0.3 is 19.7 Å². The van der Waals surface area contributed by atoms with Gasteiger partial charge in [-0.3, -0.25) is 24.0 Å². The van der Waals surface area contributed by atoms with Gasteiger partial charge in [0.05, 0.1) is 30.9 Å². The Morgan fingerprint density at radius 2 is 1.39 bits per heavy atom. The van der Waals surface area contributed by atoms with Gasteiger partial charge >= 0.3 is 0 Å². The number of hydrogen-bond donors (Lipinski definition) is 2. The van der Waals surface area contributed by atoms with Crippen LogP contribution in [0.4, 0.5) is 8.78 Å². The zero-order chi connectivity index (χ0) is 36.3. The first-order chi connectivity index (χ1) is 24.7. The van der Waals surface area contributed by atoms with Gasteiger partial charge in [0.2, 0.25) is 5.78 Å². The van der Waals surface area contributed by atoms with Crippen LogP contribution in [0, 0.1) is 11.6 Å². The summed E-state index contributed by atoms with van der Waals surface area (Å²) in [6, 6.07) is 24.7. The summed E-state index contributed by atoms with van der Waals surface area (Å²) in [4.78, 5) is 39.1. The third-order valence-electron chi connectivity index (χ3n) is 7.18. The van der Waals surface area contributed by atoms with Crippen LogP contribution in [0.5, 0.6) is 23.0 Å². The van der Waals surface area contributed by atoms with Crippen LogP contribution in [-0.2, 0) is 0 Å². The second-order valence-electron chi connectivity index (χ2n) is 10.4. The Hall–Kier alpha value is -7.02. The molecule has 7 rings (SSSR count). The lowest BCUT2D eigenvalue weighted by molar-refractivity contribution is 0.102. The number of hydrogen-bond acceptors (Lipinski definition) is 10. The highest BCUT2D eigenvalue weighted by atomic mass is 19.1. The standard InChI is InChI=1S/C19H14FN3O2.C12H10N2O2.C7H5FO2/c1-25-16-6-4-9-21-18(16)17-14-5-2-3-10-23(14)19(22-17)13-11-12(20)7-8-15(13)24;1-16-10-6-4-8-14-11(10)12(15)9-5-2-3-7-13-9;8-6-1-2-7(10)5(3-6)4-9/h2-11,24H,1H3;2-8H,1H3;1-4,10H. The van der Waals surface area contributed by atoms with Gasteiger partial charge in [0.25, 0.3) is 0 Å². The second kappa shape index (κ2) is 16.4. The number of rotatable bonds is 7. The van der Waals surface area contributed by atoms with Crippen LogP contribution in [0.2, 0.25) is 0 Å². The zero-order valence-electron chi connectivity index (χ0n) is 27.1. The summed E-state index contributed by atoms with van der Waals surface area (Å²) in [6.07, 6.45) is 6.99. The van der Waals surface area contributed by atoms with E-state index in [1.54, 1.807) is 78.8 Å². The van der Waals surface area contributed by atoms with Gasteiger partial charge in [-0.1, -0.05) is 12.1 Å². The first kappa shape index (κ1) is 35.3. The highest BCUT2D eigenvalue weighted by Gasteiger charge is 2.20. The molecule has 2 N–H and O–H groups in total. The molecule has 0 amide bonds. The minimum absolute atomic E-state index is 0.0278. The highest BCUT2D eigenvalue weighted by Crippen LogP contribution is 2.36. The Morgan fingerprint density at radius 1 is 0.725 bits per heavy atom. The maximum absolute atomic E-state index is 13.7. The summed E-state index contributed by atoms with van der Waals surface area (Å²) in [6.45, 7) is 0. The minimum Gasteiger partial charge on any atom is -0.507 e. The van der Waals surface area contributed by atoms with E-state index in [-0.39, 0.29) is 28.5 Å². The Bertz CT molecular complexity index is 2300. The number of benzene rings is 2. The largest absolute Gasteiger partial charge is 0.507 e. The van der Waals surface area contributed by atoms with Crippen LogP contribution >= 0.6 is 0 Å². The topological polar surface area (TPSA) is 149 Å². The summed E-state index contributed by atoms with van der Waals surface area (Å²) < 4.78 is 38.2. The summed E-state index contributed by atoms with van der Waals surface area (Å²) in [7, 11) is 3.07. The van der Waals surface area contributed by atoms with E-state index >= 15 is 0 Å². The molecule has 5 heterocycles. The lowest BCUT2D eigenvalue weighted by atomic mass is 10.1. The van der Waals surface area contributed by atoms with Crippen LogP contribution in [-0.4, -0.2) is 60.8 Å². The van der Waals surface area contributed by atoms with E-state index < -0.39 is 11.6 Å². The molecule has 7 aromatic rings. The molecule has 0 spiro atoms. The van der Waals surface area contributed by atoms with E-state index in [0.717, 1.165) is 23.7 Å².